The number of alkyl halides is 3. The molecule has 0 spiro atoms. The molecule has 2 aromatic heterocycles. The Balaban J connectivity index is 1.89. The first kappa shape index (κ1) is 18.1. The molecule has 26 heavy (non-hydrogen) atoms. The first-order valence-corrected chi connectivity index (χ1v) is 8.00. The van der Waals surface area contributed by atoms with Crippen molar-refractivity contribution in [3.63, 3.8) is 0 Å². The zero-order valence-electron chi connectivity index (χ0n) is 12.9. The first-order chi connectivity index (χ1) is 12.2. The highest BCUT2D eigenvalue weighted by Gasteiger charge is 2.31. The third-order valence-electron chi connectivity index (χ3n) is 3.41. The Morgan fingerprint density at radius 3 is 2.50 bits per heavy atom. The third kappa shape index (κ3) is 4.07. The zero-order valence-corrected chi connectivity index (χ0v) is 14.5. The molecule has 1 N–H and O–H groups in total. The molecule has 0 fully saturated rings. The van der Waals surface area contributed by atoms with Crippen molar-refractivity contribution in [3.05, 3.63) is 69.4 Å². The van der Waals surface area contributed by atoms with Crippen molar-refractivity contribution in [1.29, 1.82) is 0 Å². The fourth-order valence-corrected chi connectivity index (χ4v) is 2.78. The van der Waals surface area contributed by atoms with Gasteiger partial charge in [0, 0.05) is 6.20 Å². The van der Waals surface area contributed by atoms with Crippen molar-refractivity contribution in [2.75, 3.05) is 0 Å². The van der Waals surface area contributed by atoms with Crippen LogP contribution in [0.2, 0.25) is 0 Å². The van der Waals surface area contributed by atoms with E-state index in [0.29, 0.717) is 4.60 Å². The fraction of sp³-hybridized carbons (Fsp3) is 0.125. The van der Waals surface area contributed by atoms with Crippen molar-refractivity contribution in [2.24, 2.45) is 0 Å². The van der Waals surface area contributed by atoms with Crippen LogP contribution >= 0.6 is 15.9 Å². The second kappa shape index (κ2) is 6.87. The summed E-state index contributed by atoms with van der Waals surface area (Å²) in [5.41, 5.74) is 0.441. The largest absolute Gasteiger partial charge is 0.573 e. The molecule has 0 radical (unpaired) electrons. The molecule has 6 nitrogen and oxygen atoms in total. The monoisotopic (exact) mass is 429 g/mol. The summed E-state index contributed by atoms with van der Waals surface area (Å²) in [6, 6.07) is 8.06. The summed E-state index contributed by atoms with van der Waals surface area (Å²) in [5, 5.41) is 10.1. The van der Waals surface area contributed by atoms with E-state index in [0.717, 1.165) is 22.3 Å². The third-order valence-corrected chi connectivity index (χ3v) is 3.84. The Bertz CT molecular complexity index is 981. The maximum absolute atomic E-state index is 12.5. The number of hydrogen-bond acceptors (Lipinski definition) is 4. The van der Waals surface area contributed by atoms with Crippen LogP contribution in [0.5, 0.6) is 11.6 Å². The smallest absolute Gasteiger partial charge is 0.493 e. The van der Waals surface area contributed by atoms with Crippen LogP contribution in [0.3, 0.4) is 0 Å². The normalized spacial score (nSPS) is 11.5. The number of aromatic nitrogens is 3. The second-order valence-electron chi connectivity index (χ2n) is 5.26. The topological polar surface area (TPSA) is 69.3 Å². The van der Waals surface area contributed by atoms with E-state index in [2.05, 4.69) is 25.7 Å². The predicted octanol–water partition coefficient (Wildman–Crippen LogP) is 3.45. The van der Waals surface area contributed by atoms with E-state index in [4.69, 9.17) is 0 Å². The Labute approximate surface area is 153 Å². The SMILES string of the molecule is O=c1n(Cc2ccnc(Br)c2)cc(O)n1-c1ccc(OC(F)(F)F)cc1. The van der Waals surface area contributed by atoms with Gasteiger partial charge in [-0.25, -0.2) is 14.3 Å². The summed E-state index contributed by atoms with van der Waals surface area (Å²) in [6.45, 7) is 0.190. The van der Waals surface area contributed by atoms with Crippen LogP contribution < -0.4 is 10.4 Å². The number of nitrogens with zero attached hydrogens (tertiary/aromatic N) is 3. The van der Waals surface area contributed by atoms with E-state index in [1.54, 1.807) is 18.3 Å². The van der Waals surface area contributed by atoms with Crippen LogP contribution in [0.1, 0.15) is 5.56 Å². The summed E-state index contributed by atoms with van der Waals surface area (Å²) in [6.07, 6.45) is -1.99. The average Bonchev–Trinajstić information content (AvgIpc) is 2.81. The van der Waals surface area contributed by atoms with Gasteiger partial charge in [0.05, 0.1) is 18.4 Å². The highest BCUT2D eigenvalue weighted by atomic mass is 79.9. The maximum atomic E-state index is 12.5. The molecule has 3 aromatic rings. The summed E-state index contributed by atoms with van der Waals surface area (Å²) in [5.74, 6) is -0.762. The number of aromatic hydroxyl groups is 1. The van der Waals surface area contributed by atoms with Gasteiger partial charge in [-0.15, -0.1) is 13.2 Å². The minimum atomic E-state index is -4.80. The van der Waals surface area contributed by atoms with Crippen molar-refractivity contribution in [3.8, 4) is 17.3 Å². The molecular weight excluding hydrogens is 419 g/mol. The minimum absolute atomic E-state index is 0.190. The van der Waals surface area contributed by atoms with E-state index >= 15 is 0 Å². The Hall–Kier alpha value is -2.75. The van der Waals surface area contributed by atoms with Crippen molar-refractivity contribution >= 4 is 15.9 Å². The second-order valence-corrected chi connectivity index (χ2v) is 6.07. The predicted molar refractivity (Wildman–Crippen MR) is 89.4 cm³/mol. The van der Waals surface area contributed by atoms with Crippen LogP contribution in [0.15, 0.2) is 58.2 Å². The molecule has 0 aliphatic rings. The lowest BCUT2D eigenvalue weighted by Crippen LogP contribution is -2.23. The molecule has 0 aliphatic carbocycles. The zero-order chi connectivity index (χ0) is 18.9. The van der Waals surface area contributed by atoms with Gasteiger partial charge in [0.25, 0.3) is 0 Å². The molecule has 0 bridgehead atoms. The number of halogens is 4. The van der Waals surface area contributed by atoms with Gasteiger partial charge in [0.2, 0.25) is 5.88 Å². The molecule has 10 heteroatoms. The highest BCUT2D eigenvalue weighted by Crippen LogP contribution is 2.24. The molecule has 0 aliphatic heterocycles. The molecule has 0 saturated carbocycles. The number of benzene rings is 1. The number of hydrogen-bond donors (Lipinski definition) is 1. The van der Waals surface area contributed by atoms with Crippen molar-refractivity contribution in [1.82, 2.24) is 14.1 Å². The molecular formula is C16H11BrF3N3O3. The number of imidazole rings is 1. The molecule has 0 atom stereocenters. The lowest BCUT2D eigenvalue weighted by molar-refractivity contribution is -0.274. The Morgan fingerprint density at radius 1 is 1.19 bits per heavy atom. The molecule has 2 heterocycles. The summed E-state index contributed by atoms with van der Waals surface area (Å²) >= 11 is 3.23. The van der Waals surface area contributed by atoms with Crippen LogP contribution in [-0.4, -0.2) is 25.6 Å². The van der Waals surface area contributed by atoms with Gasteiger partial charge in [0.1, 0.15) is 10.4 Å². The van der Waals surface area contributed by atoms with Crippen LogP contribution in [-0.2, 0) is 6.54 Å². The van der Waals surface area contributed by atoms with Crippen LogP contribution in [0, 0.1) is 0 Å². The van der Waals surface area contributed by atoms with Crippen molar-refractivity contribution < 1.29 is 23.0 Å². The van der Waals surface area contributed by atoms with Gasteiger partial charge >= 0.3 is 12.1 Å². The van der Waals surface area contributed by atoms with E-state index in [-0.39, 0.29) is 18.1 Å². The molecule has 136 valence electrons. The standard InChI is InChI=1S/C16H11BrF3N3O3/c17-13-7-10(5-6-21-13)8-22-9-14(24)23(15(22)25)11-1-3-12(4-2-11)26-16(18,19)20/h1-7,9,24H,8H2. The minimum Gasteiger partial charge on any atom is -0.493 e. The van der Waals surface area contributed by atoms with Gasteiger partial charge in [-0.05, 0) is 57.9 Å². The lowest BCUT2D eigenvalue weighted by atomic mass is 10.3. The van der Waals surface area contributed by atoms with Crippen molar-refractivity contribution in [2.45, 2.75) is 12.9 Å². The van der Waals surface area contributed by atoms with Gasteiger partial charge in [0.15, 0.2) is 0 Å². The maximum Gasteiger partial charge on any atom is 0.573 e. The van der Waals surface area contributed by atoms with E-state index < -0.39 is 17.8 Å². The molecule has 0 amide bonds. The molecule has 0 saturated heterocycles. The summed E-state index contributed by atoms with van der Waals surface area (Å²) < 4.78 is 43.3. The molecule has 1 aromatic carbocycles. The number of ether oxygens (including phenoxy) is 1. The lowest BCUT2D eigenvalue weighted by Gasteiger charge is -2.09. The molecule has 3 rings (SSSR count). The quantitative estimate of drug-likeness (QED) is 0.644. The van der Waals surface area contributed by atoms with Crippen LogP contribution in [0.25, 0.3) is 5.69 Å². The average molecular weight is 430 g/mol. The van der Waals surface area contributed by atoms with Gasteiger partial charge in [-0.3, -0.25) is 4.57 Å². The summed E-state index contributed by atoms with van der Waals surface area (Å²) in [4.78, 5) is 16.5. The van der Waals surface area contributed by atoms with E-state index in [1.807, 2.05) is 0 Å². The first-order valence-electron chi connectivity index (χ1n) is 7.21. The Kier molecular flexibility index (Phi) is 4.77. The van der Waals surface area contributed by atoms with E-state index in [9.17, 15) is 23.1 Å². The molecule has 0 unspecified atom stereocenters. The van der Waals surface area contributed by atoms with Gasteiger partial charge < -0.3 is 9.84 Å². The van der Waals surface area contributed by atoms with Gasteiger partial charge in [-0.2, -0.15) is 0 Å². The summed E-state index contributed by atoms with van der Waals surface area (Å²) in [7, 11) is 0. The highest BCUT2D eigenvalue weighted by molar-refractivity contribution is 9.10. The fourth-order valence-electron chi connectivity index (χ4n) is 2.37. The van der Waals surface area contributed by atoms with E-state index in [1.165, 1.54) is 22.9 Å². The number of pyridine rings is 1. The van der Waals surface area contributed by atoms with Gasteiger partial charge in [-0.1, -0.05) is 0 Å². The number of rotatable bonds is 4. The Morgan fingerprint density at radius 2 is 1.88 bits per heavy atom. The van der Waals surface area contributed by atoms with Crippen LogP contribution in [0.4, 0.5) is 13.2 Å².